The zero-order valence-electron chi connectivity index (χ0n) is 9.39. The second-order valence-electron chi connectivity index (χ2n) is 3.52. The number of carbonyl (C=O) groups excluding carboxylic acids is 2. The Morgan fingerprint density at radius 2 is 1.35 bits per heavy atom. The molecule has 2 rings (SSSR count). The van der Waals surface area contributed by atoms with Crippen LogP contribution in [-0.4, -0.2) is 11.9 Å². The number of benzene rings is 1. The third-order valence-electron chi connectivity index (χ3n) is 2.08. The van der Waals surface area contributed by atoms with Crippen molar-refractivity contribution in [3.63, 3.8) is 0 Å². The Morgan fingerprint density at radius 3 is 1.71 bits per heavy atom. The lowest BCUT2D eigenvalue weighted by atomic mass is 10.2. The molecule has 0 amide bonds. The Kier molecular flexibility index (Phi) is 2.82. The molecule has 5 nitrogen and oxygen atoms in total. The first-order valence-corrected chi connectivity index (χ1v) is 4.97. The minimum Gasteiger partial charge on any atom is -0.423 e. The van der Waals surface area contributed by atoms with Gasteiger partial charge in [-0.15, -0.1) is 0 Å². The summed E-state index contributed by atoms with van der Waals surface area (Å²) in [6, 6.07) is 3.23. The molecule has 17 heavy (non-hydrogen) atoms. The van der Waals surface area contributed by atoms with Crippen molar-refractivity contribution in [2.45, 2.75) is 13.8 Å². The van der Waals surface area contributed by atoms with Gasteiger partial charge in [0.15, 0.2) is 11.5 Å². The summed E-state index contributed by atoms with van der Waals surface area (Å²) in [7, 11) is 0. The van der Waals surface area contributed by atoms with Crippen LogP contribution in [0.25, 0.3) is 12.4 Å². The van der Waals surface area contributed by atoms with Gasteiger partial charge in [-0.05, 0) is 12.1 Å². The van der Waals surface area contributed by atoms with Crippen molar-refractivity contribution in [2.24, 2.45) is 0 Å². The largest absolute Gasteiger partial charge is 0.423 e. The molecule has 5 heteroatoms. The highest BCUT2D eigenvalue weighted by atomic mass is 16.6. The SMILES string of the molecule is CC(=O)Oc1cc2c(cc1OC(C)=O)=C[N]C=2. The number of fused-ring (bicyclic) bond motifs is 1. The number of hydrogen-bond donors (Lipinski definition) is 0. The highest BCUT2D eigenvalue weighted by Gasteiger charge is 2.11. The summed E-state index contributed by atoms with van der Waals surface area (Å²) in [6.45, 7) is 2.57. The van der Waals surface area contributed by atoms with Crippen LogP contribution >= 0.6 is 0 Å². The van der Waals surface area contributed by atoms with E-state index < -0.39 is 11.9 Å². The van der Waals surface area contributed by atoms with E-state index in [9.17, 15) is 9.59 Å². The average molecular weight is 232 g/mol. The van der Waals surface area contributed by atoms with Crippen molar-refractivity contribution in [3.8, 4) is 11.5 Å². The smallest absolute Gasteiger partial charge is 0.308 e. The molecule has 87 valence electrons. The standard InChI is InChI=1S/C12H10NO4/c1-7(14)16-11-3-9-5-13-6-10(9)4-12(11)17-8(2)15/h3-6H,1-2H3. The summed E-state index contributed by atoms with van der Waals surface area (Å²) in [5.41, 5.74) is 0. The third kappa shape index (κ3) is 2.44. The van der Waals surface area contributed by atoms with Crippen LogP contribution in [0.5, 0.6) is 11.5 Å². The van der Waals surface area contributed by atoms with E-state index in [2.05, 4.69) is 5.32 Å². The molecule has 1 aliphatic heterocycles. The fraction of sp³-hybridized carbons (Fsp3) is 0.167. The fourth-order valence-electron chi connectivity index (χ4n) is 1.48. The monoisotopic (exact) mass is 232 g/mol. The van der Waals surface area contributed by atoms with E-state index in [-0.39, 0.29) is 11.5 Å². The van der Waals surface area contributed by atoms with Gasteiger partial charge < -0.3 is 9.47 Å². The van der Waals surface area contributed by atoms with Gasteiger partial charge in [-0.25, -0.2) is 0 Å². The summed E-state index contributed by atoms with van der Waals surface area (Å²) in [5, 5.41) is 5.59. The van der Waals surface area contributed by atoms with Gasteiger partial charge in [0.2, 0.25) is 0 Å². The lowest BCUT2D eigenvalue weighted by molar-refractivity contribution is -0.134. The molecule has 1 aromatic rings. The number of nitrogens with zero attached hydrogens (tertiary/aromatic N) is 1. The Bertz CT molecular complexity index is 551. The zero-order chi connectivity index (χ0) is 12.4. The van der Waals surface area contributed by atoms with Crippen molar-refractivity contribution in [3.05, 3.63) is 22.6 Å². The third-order valence-corrected chi connectivity index (χ3v) is 2.08. The maximum absolute atomic E-state index is 10.9. The Hall–Kier alpha value is -2.30. The number of esters is 2. The van der Waals surface area contributed by atoms with Crippen LogP contribution in [0.4, 0.5) is 0 Å². The molecule has 0 saturated carbocycles. The van der Waals surface area contributed by atoms with Gasteiger partial charge in [0.25, 0.3) is 0 Å². The number of ether oxygens (including phenoxy) is 2. The average Bonchev–Trinajstić information content (AvgIpc) is 2.63. The second kappa shape index (κ2) is 4.29. The summed E-state index contributed by atoms with van der Waals surface area (Å²) >= 11 is 0. The maximum atomic E-state index is 10.9. The van der Waals surface area contributed by atoms with Gasteiger partial charge in [0.1, 0.15) is 0 Å². The van der Waals surface area contributed by atoms with Gasteiger partial charge >= 0.3 is 11.9 Å². The molecule has 1 radical (unpaired) electrons. The summed E-state index contributed by atoms with van der Waals surface area (Å²) < 4.78 is 9.96. The van der Waals surface area contributed by atoms with Crippen LogP contribution in [0.1, 0.15) is 13.8 Å². The Balaban J connectivity index is 2.51. The van der Waals surface area contributed by atoms with E-state index in [1.807, 2.05) is 0 Å². The molecule has 0 bridgehead atoms. The molecule has 0 N–H and O–H groups in total. The van der Waals surface area contributed by atoms with E-state index in [1.54, 1.807) is 24.5 Å². The van der Waals surface area contributed by atoms with E-state index in [4.69, 9.17) is 9.47 Å². The lowest BCUT2D eigenvalue weighted by Gasteiger charge is -2.07. The molecular formula is C12H10NO4. The van der Waals surface area contributed by atoms with E-state index in [1.165, 1.54) is 13.8 Å². The van der Waals surface area contributed by atoms with Gasteiger partial charge in [0, 0.05) is 36.7 Å². The highest BCUT2D eigenvalue weighted by Crippen LogP contribution is 2.23. The summed E-state index contributed by atoms with van der Waals surface area (Å²) in [5.74, 6) is -0.518. The minimum atomic E-state index is -0.475. The van der Waals surface area contributed by atoms with Crippen LogP contribution < -0.4 is 25.2 Å². The summed E-state index contributed by atoms with van der Waals surface area (Å²) in [6.07, 6.45) is 3.28. The minimum absolute atomic E-state index is 0.216. The molecule has 1 aliphatic rings. The van der Waals surface area contributed by atoms with Crippen molar-refractivity contribution in [2.75, 3.05) is 0 Å². The first-order chi connectivity index (χ1) is 8.06. The molecule has 0 saturated heterocycles. The van der Waals surface area contributed by atoms with Crippen LogP contribution in [0.3, 0.4) is 0 Å². The van der Waals surface area contributed by atoms with E-state index >= 15 is 0 Å². The van der Waals surface area contributed by atoms with Gasteiger partial charge in [0.05, 0.1) is 0 Å². The molecule has 0 aliphatic carbocycles. The number of carbonyl (C=O) groups is 2. The predicted octanol–water partition coefficient (Wildman–Crippen LogP) is -0.369. The molecular weight excluding hydrogens is 222 g/mol. The van der Waals surface area contributed by atoms with Crippen LogP contribution in [-0.2, 0) is 9.59 Å². The first-order valence-electron chi connectivity index (χ1n) is 4.97. The lowest BCUT2D eigenvalue weighted by Crippen LogP contribution is -2.23. The number of rotatable bonds is 2. The molecule has 0 aromatic heterocycles. The highest BCUT2D eigenvalue weighted by molar-refractivity contribution is 5.73. The molecule has 1 heterocycles. The molecule has 1 aromatic carbocycles. The topological polar surface area (TPSA) is 66.7 Å². The Morgan fingerprint density at radius 1 is 0.941 bits per heavy atom. The van der Waals surface area contributed by atoms with Crippen LogP contribution in [0.2, 0.25) is 0 Å². The predicted molar refractivity (Wildman–Crippen MR) is 59.4 cm³/mol. The van der Waals surface area contributed by atoms with Crippen molar-refractivity contribution < 1.29 is 19.1 Å². The second-order valence-corrected chi connectivity index (χ2v) is 3.52. The van der Waals surface area contributed by atoms with Crippen LogP contribution in [0.15, 0.2) is 12.1 Å². The molecule has 0 spiro atoms. The zero-order valence-corrected chi connectivity index (χ0v) is 9.39. The molecule has 0 fully saturated rings. The van der Waals surface area contributed by atoms with Gasteiger partial charge in [-0.3, -0.25) is 14.9 Å². The quantitative estimate of drug-likeness (QED) is 0.515. The van der Waals surface area contributed by atoms with Gasteiger partial charge in [-0.1, -0.05) is 0 Å². The number of hydrogen-bond acceptors (Lipinski definition) is 4. The van der Waals surface area contributed by atoms with Gasteiger partial charge in [-0.2, -0.15) is 0 Å². The van der Waals surface area contributed by atoms with E-state index in [0.717, 1.165) is 10.4 Å². The van der Waals surface area contributed by atoms with Crippen molar-refractivity contribution >= 4 is 24.3 Å². The molecule has 0 unspecified atom stereocenters. The van der Waals surface area contributed by atoms with Crippen LogP contribution in [0, 0.1) is 0 Å². The van der Waals surface area contributed by atoms with E-state index in [0.29, 0.717) is 0 Å². The summed E-state index contributed by atoms with van der Waals surface area (Å²) in [4.78, 5) is 21.9. The fourth-order valence-corrected chi connectivity index (χ4v) is 1.48. The van der Waals surface area contributed by atoms with Crippen molar-refractivity contribution in [1.29, 1.82) is 0 Å². The molecule has 0 atom stereocenters. The first kappa shape index (κ1) is 11.2. The normalized spacial score (nSPS) is 11.6. The maximum Gasteiger partial charge on any atom is 0.308 e. The Labute approximate surface area is 97.3 Å². The van der Waals surface area contributed by atoms with Crippen molar-refractivity contribution in [1.82, 2.24) is 5.32 Å².